The standard InChI is InChI=1S/C48H31NO2/c1-3-11-32(12-4-1)33-19-21-35(22-20-33)39-15-7-9-17-42(39)49(37-13-5-2-6-14-37)38-26-23-34(24-27-38)36-25-28-41-46(31-36)51-45-30-29-44-47(48(41)45)40-16-8-10-18-43(40)50-44/h1-31H. The Balaban J connectivity index is 1.04. The molecular formula is C48H31NO2. The van der Waals surface area contributed by atoms with Crippen molar-refractivity contribution in [3.05, 3.63) is 188 Å². The molecule has 0 aliphatic carbocycles. The molecule has 0 fully saturated rings. The van der Waals surface area contributed by atoms with Crippen molar-refractivity contribution >= 4 is 60.9 Å². The largest absolute Gasteiger partial charge is 0.456 e. The van der Waals surface area contributed by atoms with Crippen molar-refractivity contribution in [1.82, 2.24) is 0 Å². The second-order valence-corrected chi connectivity index (χ2v) is 12.9. The molecule has 51 heavy (non-hydrogen) atoms. The molecule has 0 aliphatic heterocycles. The Labute approximate surface area is 295 Å². The van der Waals surface area contributed by atoms with Crippen molar-refractivity contribution in [2.24, 2.45) is 0 Å². The van der Waals surface area contributed by atoms with Crippen LogP contribution in [0, 0.1) is 0 Å². The number of para-hydroxylation sites is 3. The second-order valence-electron chi connectivity index (χ2n) is 12.9. The van der Waals surface area contributed by atoms with Crippen molar-refractivity contribution in [2.45, 2.75) is 0 Å². The third kappa shape index (κ3) is 4.98. The first-order valence-electron chi connectivity index (χ1n) is 17.3. The van der Waals surface area contributed by atoms with Crippen LogP contribution in [0.4, 0.5) is 17.1 Å². The van der Waals surface area contributed by atoms with Gasteiger partial charge in [-0.15, -0.1) is 0 Å². The molecule has 0 N–H and O–H groups in total. The van der Waals surface area contributed by atoms with Gasteiger partial charge in [-0.3, -0.25) is 0 Å². The van der Waals surface area contributed by atoms with Crippen LogP contribution < -0.4 is 4.90 Å². The highest BCUT2D eigenvalue weighted by Gasteiger charge is 2.19. The average molecular weight is 654 g/mol. The van der Waals surface area contributed by atoms with Gasteiger partial charge in [-0.25, -0.2) is 0 Å². The molecule has 240 valence electrons. The van der Waals surface area contributed by atoms with E-state index >= 15 is 0 Å². The van der Waals surface area contributed by atoms with Crippen molar-refractivity contribution < 1.29 is 8.83 Å². The van der Waals surface area contributed by atoms with E-state index in [1.165, 1.54) is 22.3 Å². The lowest BCUT2D eigenvalue weighted by atomic mass is 9.98. The van der Waals surface area contributed by atoms with Gasteiger partial charge in [-0.2, -0.15) is 0 Å². The Morgan fingerprint density at radius 1 is 0.314 bits per heavy atom. The summed E-state index contributed by atoms with van der Waals surface area (Å²) in [6, 6.07) is 66.2. The highest BCUT2D eigenvalue weighted by Crippen LogP contribution is 2.43. The number of rotatable bonds is 6. The summed E-state index contributed by atoms with van der Waals surface area (Å²) < 4.78 is 12.6. The van der Waals surface area contributed by atoms with Crippen LogP contribution in [0.2, 0.25) is 0 Å². The second kappa shape index (κ2) is 11.9. The molecular weight excluding hydrogens is 623 g/mol. The first kappa shape index (κ1) is 29.1. The number of hydrogen-bond acceptors (Lipinski definition) is 3. The predicted octanol–water partition coefficient (Wildman–Crippen LogP) is 14.0. The summed E-state index contributed by atoms with van der Waals surface area (Å²) >= 11 is 0. The van der Waals surface area contributed by atoms with Gasteiger partial charge in [0.25, 0.3) is 0 Å². The van der Waals surface area contributed by atoms with Crippen LogP contribution in [0.25, 0.3) is 77.3 Å². The van der Waals surface area contributed by atoms with E-state index < -0.39 is 0 Å². The Morgan fingerprint density at radius 3 is 1.59 bits per heavy atom. The molecule has 0 saturated heterocycles. The van der Waals surface area contributed by atoms with E-state index in [0.29, 0.717) is 0 Å². The summed E-state index contributed by atoms with van der Waals surface area (Å²) in [7, 11) is 0. The average Bonchev–Trinajstić information content (AvgIpc) is 3.77. The normalized spacial score (nSPS) is 11.5. The van der Waals surface area contributed by atoms with Crippen LogP contribution in [0.15, 0.2) is 197 Å². The number of nitrogens with zero attached hydrogens (tertiary/aromatic N) is 1. The zero-order valence-corrected chi connectivity index (χ0v) is 27.7. The van der Waals surface area contributed by atoms with Gasteiger partial charge in [0.15, 0.2) is 0 Å². The van der Waals surface area contributed by atoms with Crippen LogP contribution >= 0.6 is 0 Å². The molecule has 0 atom stereocenters. The van der Waals surface area contributed by atoms with Crippen molar-refractivity contribution in [3.63, 3.8) is 0 Å². The number of furan rings is 2. The van der Waals surface area contributed by atoms with E-state index in [1.807, 2.05) is 24.3 Å². The minimum Gasteiger partial charge on any atom is -0.456 e. The monoisotopic (exact) mass is 653 g/mol. The zero-order valence-electron chi connectivity index (χ0n) is 27.7. The van der Waals surface area contributed by atoms with E-state index in [0.717, 1.165) is 72.1 Å². The SMILES string of the molecule is c1ccc(-c2ccc(-c3ccccc3N(c3ccccc3)c3ccc(-c4ccc5c(c4)oc4ccc6oc7ccccc7c6c45)cc3)cc2)cc1. The van der Waals surface area contributed by atoms with Gasteiger partial charge in [0.05, 0.1) is 5.69 Å². The molecule has 2 heterocycles. The molecule has 0 aliphatic rings. The number of benzene rings is 8. The maximum atomic E-state index is 6.46. The van der Waals surface area contributed by atoms with E-state index in [2.05, 4.69) is 169 Å². The summed E-state index contributed by atoms with van der Waals surface area (Å²) in [5.74, 6) is 0. The van der Waals surface area contributed by atoms with E-state index in [9.17, 15) is 0 Å². The molecule has 2 aromatic heterocycles. The number of anilines is 3. The summed E-state index contributed by atoms with van der Waals surface area (Å²) in [4.78, 5) is 2.34. The minimum absolute atomic E-state index is 0.863. The number of fused-ring (bicyclic) bond motifs is 7. The minimum atomic E-state index is 0.863. The van der Waals surface area contributed by atoms with Gasteiger partial charge >= 0.3 is 0 Å². The summed E-state index contributed by atoms with van der Waals surface area (Å²) in [5.41, 5.74) is 13.8. The van der Waals surface area contributed by atoms with Gasteiger partial charge in [-0.05, 0) is 88.5 Å². The van der Waals surface area contributed by atoms with Gasteiger partial charge < -0.3 is 13.7 Å². The quantitative estimate of drug-likeness (QED) is 0.179. The molecule has 0 amide bonds. The fourth-order valence-electron chi connectivity index (χ4n) is 7.45. The Morgan fingerprint density at radius 2 is 0.824 bits per heavy atom. The fourth-order valence-corrected chi connectivity index (χ4v) is 7.45. The fraction of sp³-hybridized carbons (Fsp3) is 0. The molecule has 0 unspecified atom stereocenters. The van der Waals surface area contributed by atoms with E-state index in [4.69, 9.17) is 8.83 Å². The van der Waals surface area contributed by atoms with Crippen molar-refractivity contribution in [3.8, 4) is 33.4 Å². The van der Waals surface area contributed by atoms with Gasteiger partial charge in [-0.1, -0.05) is 127 Å². The van der Waals surface area contributed by atoms with Crippen LogP contribution in [0.3, 0.4) is 0 Å². The van der Waals surface area contributed by atoms with Crippen molar-refractivity contribution in [2.75, 3.05) is 4.90 Å². The maximum Gasteiger partial charge on any atom is 0.136 e. The van der Waals surface area contributed by atoms with Crippen molar-refractivity contribution in [1.29, 1.82) is 0 Å². The first-order valence-corrected chi connectivity index (χ1v) is 17.3. The summed E-state index contributed by atoms with van der Waals surface area (Å²) in [6.07, 6.45) is 0. The highest BCUT2D eigenvalue weighted by molar-refractivity contribution is 6.25. The lowest BCUT2D eigenvalue weighted by molar-refractivity contribution is 0.663. The molecule has 3 nitrogen and oxygen atoms in total. The summed E-state index contributed by atoms with van der Waals surface area (Å²) in [6.45, 7) is 0. The van der Waals surface area contributed by atoms with Crippen LogP contribution in [0.1, 0.15) is 0 Å². The predicted molar refractivity (Wildman–Crippen MR) is 212 cm³/mol. The molecule has 0 saturated carbocycles. The third-order valence-corrected chi connectivity index (χ3v) is 9.90. The van der Waals surface area contributed by atoms with Gasteiger partial charge in [0.2, 0.25) is 0 Å². The lowest BCUT2D eigenvalue weighted by Crippen LogP contribution is -2.11. The lowest BCUT2D eigenvalue weighted by Gasteiger charge is -2.28. The Bertz CT molecular complexity index is 2830. The maximum absolute atomic E-state index is 6.46. The molecule has 10 rings (SSSR count). The van der Waals surface area contributed by atoms with Crippen LogP contribution in [0.5, 0.6) is 0 Å². The van der Waals surface area contributed by atoms with Gasteiger partial charge in [0, 0.05) is 38.5 Å². The summed E-state index contributed by atoms with van der Waals surface area (Å²) in [5, 5.41) is 4.40. The Hall–Kier alpha value is -6.84. The van der Waals surface area contributed by atoms with Crippen LogP contribution in [-0.4, -0.2) is 0 Å². The Kier molecular flexibility index (Phi) is 6.81. The molecule has 0 radical (unpaired) electrons. The van der Waals surface area contributed by atoms with Crippen LogP contribution in [-0.2, 0) is 0 Å². The van der Waals surface area contributed by atoms with Gasteiger partial charge in [0.1, 0.15) is 22.3 Å². The smallest absolute Gasteiger partial charge is 0.136 e. The highest BCUT2D eigenvalue weighted by atomic mass is 16.3. The van der Waals surface area contributed by atoms with E-state index in [-0.39, 0.29) is 0 Å². The molecule has 0 bridgehead atoms. The zero-order chi connectivity index (χ0) is 33.7. The van der Waals surface area contributed by atoms with E-state index in [1.54, 1.807) is 0 Å². The molecule has 3 heteroatoms. The third-order valence-electron chi connectivity index (χ3n) is 9.90. The first-order chi connectivity index (χ1) is 25.3. The number of hydrogen-bond donors (Lipinski definition) is 0. The topological polar surface area (TPSA) is 29.5 Å². The molecule has 0 spiro atoms. The molecule has 8 aromatic carbocycles. The molecule has 10 aromatic rings.